The molecule has 0 spiro atoms. The van der Waals surface area contributed by atoms with Crippen molar-refractivity contribution in [1.82, 2.24) is 36.0 Å². The fourth-order valence-electron chi connectivity index (χ4n) is 11.5. The van der Waals surface area contributed by atoms with Crippen LogP contribution in [-0.2, 0) is 56.6 Å². The Morgan fingerprint density at radius 2 is 1.59 bits per heavy atom. The molecule has 6 amide bonds. The number of rotatable bonds is 17. The van der Waals surface area contributed by atoms with Gasteiger partial charge in [0.15, 0.2) is 0 Å². The molecule has 0 aromatic heterocycles. The number of nitrogens with one attached hydrogen (secondary N) is 6. The topological polar surface area (TPSA) is 206 Å². The number of piperazine rings is 1. The van der Waals surface area contributed by atoms with Crippen molar-refractivity contribution >= 4 is 52.5 Å². The second-order valence-electron chi connectivity index (χ2n) is 21.8. The molecular formula is C58H71F3N10O8. The van der Waals surface area contributed by atoms with E-state index in [0.717, 1.165) is 42.4 Å². The fourth-order valence-corrected chi connectivity index (χ4v) is 11.5. The van der Waals surface area contributed by atoms with Crippen molar-refractivity contribution in [2.75, 3.05) is 94.8 Å². The molecule has 5 unspecified atom stereocenters. The molecule has 4 aromatic rings. The number of para-hydroxylation sites is 1. The lowest BCUT2D eigenvalue weighted by Gasteiger charge is -2.43. The average Bonchev–Trinajstić information content (AvgIpc) is 4.20. The van der Waals surface area contributed by atoms with Gasteiger partial charge in [0.1, 0.15) is 35.2 Å². The van der Waals surface area contributed by atoms with Crippen LogP contribution in [0.25, 0.3) is 0 Å². The van der Waals surface area contributed by atoms with E-state index in [1.165, 1.54) is 23.1 Å². The van der Waals surface area contributed by atoms with Gasteiger partial charge in [-0.1, -0.05) is 36.4 Å². The van der Waals surface area contributed by atoms with E-state index in [0.29, 0.717) is 75.6 Å². The standard InChI is InChI=1S/C58H71F3N10O8/c1-34-28-69(43(26-63-34)30-68-19-22-79-32-35(68)2)31-50(73)71-33-58(4,45-16-11-38(24-48(45)71)23-37-9-13-41(59)14-10-37)57(77)64-27-49(72)65-42-15-12-40-29-70(53(44(40)25-42)55(75)67-52-46(60)7-6-8-47(52)61)56(76)51(39-17-20-78-21-18-39)66-54(74)36(3)62-5/h6-16,24-25,34-36,39,43,51,53,62-63H,17-23,26-33H2,1-5H3,(H,64,77)(H,65,72)(H,66,74)(H,67,75)/t34-,35?,36?,43-,51?,53?,58?/m1/s1. The predicted molar refractivity (Wildman–Crippen MR) is 290 cm³/mol. The number of carbonyl (C=O) groups is 6. The molecule has 79 heavy (non-hydrogen) atoms. The van der Waals surface area contributed by atoms with E-state index in [1.54, 1.807) is 50.1 Å². The van der Waals surface area contributed by atoms with Crippen molar-refractivity contribution < 1.29 is 51.4 Å². The summed E-state index contributed by atoms with van der Waals surface area (Å²) in [6, 6.07) is 16.9. The molecule has 6 N–H and O–H groups in total. The summed E-state index contributed by atoms with van der Waals surface area (Å²) in [7, 11) is 1.61. The Morgan fingerprint density at radius 3 is 2.32 bits per heavy atom. The van der Waals surface area contributed by atoms with Gasteiger partial charge in [0.05, 0.1) is 37.8 Å². The van der Waals surface area contributed by atoms with Crippen LogP contribution in [0.3, 0.4) is 0 Å². The van der Waals surface area contributed by atoms with E-state index in [-0.39, 0.29) is 66.7 Å². The second kappa shape index (κ2) is 24.7. The molecule has 9 rings (SSSR count). The molecular weight excluding hydrogens is 1020 g/mol. The first-order valence-electron chi connectivity index (χ1n) is 27.2. The van der Waals surface area contributed by atoms with Crippen LogP contribution >= 0.6 is 0 Å². The van der Waals surface area contributed by atoms with Crippen LogP contribution in [0.1, 0.15) is 74.4 Å². The maximum absolute atomic E-state index is 15.0. The zero-order chi connectivity index (χ0) is 56.1. The van der Waals surface area contributed by atoms with E-state index in [1.807, 2.05) is 18.2 Å². The highest BCUT2D eigenvalue weighted by Crippen LogP contribution is 2.43. The van der Waals surface area contributed by atoms with Gasteiger partial charge < -0.3 is 51.2 Å². The van der Waals surface area contributed by atoms with E-state index in [4.69, 9.17) is 9.47 Å². The Bertz CT molecular complexity index is 2910. The van der Waals surface area contributed by atoms with Gasteiger partial charge in [-0.2, -0.15) is 0 Å². The van der Waals surface area contributed by atoms with E-state index in [2.05, 4.69) is 55.5 Å². The minimum atomic E-state index is -1.46. The number of hydrogen-bond acceptors (Lipinski definition) is 12. The molecule has 5 aliphatic heterocycles. The fraction of sp³-hybridized carbons (Fsp3) is 0.483. The number of benzene rings is 4. The van der Waals surface area contributed by atoms with Gasteiger partial charge in [0, 0.05) is 82.0 Å². The molecule has 5 heterocycles. The number of ether oxygens (including phenoxy) is 2. The minimum absolute atomic E-state index is 0.00468. The molecule has 5 aliphatic rings. The first kappa shape index (κ1) is 57.0. The van der Waals surface area contributed by atoms with Gasteiger partial charge in [-0.25, -0.2) is 13.2 Å². The number of morpholine rings is 1. The maximum Gasteiger partial charge on any atom is 0.252 e. The predicted octanol–water partition coefficient (Wildman–Crippen LogP) is 3.98. The van der Waals surface area contributed by atoms with Gasteiger partial charge in [-0.3, -0.25) is 38.6 Å². The zero-order valence-corrected chi connectivity index (χ0v) is 45.3. The van der Waals surface area contributed by atoms with Gasteiger partial charge in [0.2, 0.25) is 29.5 Å². The largest absolute Gasteiger partial charge is 0.381 e. The number of fused-ring (bicyclic) bond motifs is 2. The summed E-state index contributed by atoms with van der Waals surface area (Å²) in [5.74, 6) is -6.05. The number of amides is 6. The third-order valence-corrected chi connectivity index (χ3v) is 16.2. The zero-order valence-electron chi connectivity index (χ0n) is 45.3. The number of likely N-dealkylation sites (N-methyl/N-ethyl adjacent to an activating group) is 1. The van der Waals surface area contributed by atoms with Gasteiger partial charge >= 0.3 is 0 Å². The summed E-state index contributed by atoms with van der Waals surface area (Å²) in [5, 5.41) is 17.3. The van der Waals surface area contributed by atoms with E-state index in [9.17, 15) is 33.2 Å². The molecule has 0 saturated carbocycles. The average molecular weight is 1090 g/mol. The highest BCUT2D eigenvalue weighted by molar-refractivity contribution is 6.05. The first-order valence-corrected chi connectivity index (χ1v) is 27.2. The molecule has 0 bridgehead atoms. The summed E-state index contributed by atoms with van der Waals surface area (Å²) in [6.07, 6.45) is 1.35. The summed E-state index contributed by atoms with van der Waals surface area (Å²) in [6.45, 7) is 12.0. The second-order valence-corrected chi connectivity index (χ2v) is 21.8. The smallest absolute Gasteiger partial charge is 0.252 e. The molecule has 18 nitrogen and oxygen atoms in total. The molecule has 3 saturated heterocycles. The molecule has 7 atom stereocenters. The summed E-state index contributed by atoms with van der Waals surface area (Å²) in [4.78, 5) is 93.3. The van der Waals surface area contributed by atoms with Crippen LogP contribution in [0.2, 0.25) is 0 Å². The number of hydrogen-bond donors (Lipinski definition) is 6. The van der Waals surface area contributed by atoms with Crippen molar-refractivity contribution in [3.8, 4) is 0 Å². The lowest BCUT2D eigenvalue weighted by Crippen LogP contribution is -2.62. The minimum Gasteiger partial charge on any atom is -0.381 e. The Morgan fingerprint density at radius 1 is 0.861 bits per heavy atom. The molecule has 0 radical (unpaired) electrons. The van der Waals surface area contributed by atoms with Gasteiger partial charge in [-0.05, 0) is 130 Å². The Kier molecular flexibility index (Phi) is 17.8. The van der Waals surface area contributed by atoms with Crippen molar-refractivity contribution in [1.29, 1.82) is 0 Å². The number of halogens is 3. The van der Waals surface area contributed by atoms with E-state index >= 15 is 8.78 Å². The van der Waals surface area contributed by atoms with Crippen molar-refractivity contribution in [3.63, 3.8) is 0 Å². The van der Waals surface area contributed by atoms with Crippen LogP contribution < -0.4 is 36.8 Å². The lowest BCUT2D eigenvalue weighted by atomic mass is 9.83. The van der Waals surface area contributed by atoms with Crippen LogP contribution in [0.15, 0.2) is 78.9 Å². The Hall–Kier alpha value is -6.75. The monoisotopic (exact) mass is 1090 g/mol. The summed E-state index contributed by atoms with van der Waals surface area (Å²) >= 11 is 0. The SMILES string of the molecule is CNC(C)C(=O)NC(C(=O)N1Cc2ccc(NC(=O)CNC(=O)C3(C)CN(C(=O)CN4C[C@@H](C)NC[C@@H]4CN4CCOCC4C)c4cc(Cc5ccc(F)cc5)ccc43)cc2C1C(=O)Nc1c(F)cccc1F)C1CCOCC1. The third kappa shape index (κ3) is 12.8. The number of nitrogens with zero attached hydrogens (tertiary/aromatic N) is 4. The molecule has 4 aromatic carbocycles. The molecule has 0 aliphatic carbocycles. The molecule has 3 fully saturated rings. The number of carbonyl (C=O) groups excluding carboxylic acids is 6. The van der Waals surface area contributed by atoms with Gasteiger partial charge in [-0.15, -0.1) is 0 Å². The van der Waals surface area contributed by atoms with Crippen LogP contribution in [0.4, 0.5) is 30.2 Å². The van der Waals surface area contributed by atoms with Crippen LogP contribution in [-0.4, -0.2) is 160 Å². The van der Waals surface area contributed by atoms with E-state index < -0.39 is 76.9 Å². The van der Waals surface area contributed by atoms with Gasteiger partial charge in [0.25, 0.3) is 5.91 Å². The lowest BCUT2D eigenvalue weighted by molar-refractivity contribution is -0.144. The summed E-state index contributed by atoms with van der Waals surface area (Å²) < 4.78 is 55.2. The quantitative estimate of drug-likeness (QED) is 0.0889. The van der Waals surface area contributed by atoms with Crippen LogP contribution in [0.5, 0.6) is 0 Å². The highest BCUT2D eigenvalue weighted by atomic mass is 19.1. The molecule has 422 valence electrons. The third-order valence-electron chi connectivity index (χ3n) is 16.2. The normalized spacial score (nSPS) is 23.3. The number of anilines is 3. The molecule has 21 heteroatoms. The highest BCUT2D eigenvalue weighted by Gasteiger charge is 2.48. The summed E-state index contributed by atoms with van der Waals surface area (Å²) in [5.41, 5.74) is 1.86. The van der Waals surface area contributed by atoms with Crippen molar-refractivity contribution in [2.45, 2.75) is 95.2 Å². The maximum atomic E-state index is 15.0. The van der Waals surface area contributed by atoms with Crippen molar-refractivity contribution in [3.05, 3.63) is 124 Å². The van der Waals surface area contributed by atoms with Crippen LogP contribution in [0, 0.1) is 23.4 Å². The first-order chi connectivity index (χ1) is 37.9. The van der Waals surface area contributed by atoms with Crippen molar-refractivity contribution in [2.24, 2.45) is 5.92 Å². The Labute approximate surface area is 458 Å². The Balaban J connectivity index is 0.934.